The SMILES string of the molecule is CC(C)(C)c1ccc(NC(=O)C2CCC(OC(N)=O)C2)cc1. The lowest BCUT2D eigenvalue weighted by Gasteiger charge is -2.19. The van der Waals surface area contributed by atoms with Crippen LogP contribution >= 0.6 is 0 Å². The van der Waals surface area contributed by atoms with E-state index >= 15 is 0 Å². The zero-order chi connectivity index (χ0) is 16.3. The highest BCUT2D eigenvalue weighted by Crippen LogP contribution is 2.29. The van der Waals surface area contributed by atoms with Crippen LogP contribution in [-0.4, -0.2) is 18.1 Å². The van der Waals surface area contributed by atoms with Gasteiger partial charge in [0.05, 0.1) is 0 Å². The maximum atomic E-state index is 12.2. The second-order valence-corrected chi connectivity index (χ2v) is 6.89. The minimum absolute atomic E-state index is 0.0286. The van der Waals surface area contributed by atoms with E-state index in [-0.39, 0.29) is 23.3 Å². The first kappa shape index (κ1) is 16.3. The summed E-state index contributed by atoms with van der Waals surface area (Å²) < 4.78 is 4.95. The van der Waals surface area contributed by atoms with Gasteiger partial charge in [0.25, 0.3) is 0 Å². The summed E-state index contributed by atoms with van der Waals surface area (Å²) in [6.45, 7) is 6.45. The molecule has 1 fully saturated rings. The summed E-state index contributed by atoms with van der Waals surface area (Å²) in [4.78, 5) is 23.0. The van der Waals surface area contributed by atoms with E-state index in [1.165, 1.54) is 5.56 Å². The van der Waals surface area contributed by atoms with E-state index in [9.17, 15) is 9.59 Å². The van der Waals surface area contributed by atoms with Crippen LogP contribution in [-0.2, 0) is 14.9 Å². The van der Waals surface area contributed by atoms with Gasteiger partial charge in [-0.05, 0) is 42.4 Å². The standard InChI is InChI=1S/C17H24N2O3/c1-17(2,3)12-5-7-13(8-6-12)19-15(20)11-4-9-14(10-11)22-16(18)21/h5-8,11,14H,4,9-10H2,1-3H3,(H2,18,21)(H,19,20). The van der Waals surface area contributed by atoms with E-state index in [1.54, 1.807) is 0 Å². The number of amides is 2. The highest BCUT2D eigenvalue weighted by molar-refractivity contribution is 5.92. The van der Waals surface area contributed by atoms with Gasteiger partial charge in [-0.3, -0.25) is 4.79 Å². The number of carbonyl (C=O) groups excluding carboxylic acids is 2. The number of benzene rings is 1. The molecule has 1 saturated carbocycles. The lowest BCUT2D eigenvalue weighted by Crippen LogP contribution is -2.24. The molecule has 0 aliphatic heterocycles. The summed E-state index contributed by atoms with van der Waals surface area (Å²) >= 11 is 0. The summed E-state index contributed by atoms with van der Waals surface area (Å²) in [5.74, 6) is -0.161. The molecule has 5 nitrogen and oxygen atoms in total. The van der Waals surface area contributed by atoms with Crippen molar-refractivity contribution in [3.8, 4) is 0 Å². The summed E-state index contributed by atoms with van der Waals surface area (Å²) in [6, 6.07) is 7.90. The fourth-order valence-corrected chi connectivity index (χ4v) is 2.75. The monoisotopic (exact) mass is 304 g/mol. The molecular weight excluding hydrogens is 280 g/mol. The highest BCUT2D eigenvalue weighted by Gasteiger charge is 2.31. The summed E-state index contributed by atoms with van der Waals surface area (Å²) in [5, 5.41) is 2.93. The van der Waals surface area contributed by atoms with E-state index in [4.69, 9.17) is 10.5 Å². The number of primary amides is 1. The van der Waals surface area contributed by atoms with Crippen molar-refractivity contribution in [2.24, 2.45) is 11.7 Å². The molecule has 2 amide bonds. The summed E-state index contributed by atoms with van der Waals surface area (Å²) in [5.41, 5.74) is 7.11. The van der Waals surface area contributed by atoms with E-state index < -0.39 is 6.09 Å². The molecule has 5 heteroatoms. The Hall–Kier alpha value is -2.04. The molecule has 22 heavy (non-hydrogen) atoms. The second-order valence-electron chi connectivity index (χ2n) is 6.89. The smallest absolute Gasteiger partial charge is 0.404 e. The average Bonchev–Trinajstić information content (AvgIpc) is 2.86. The van der Waals surface area contributed by atoms with Gasteiger partial charge in [0.1, 0.15) is 6.10 Å². The fourth-order valence-electron chi connectivity index (χ4n) is 2.75. The first-order valence-corrected chi connectivity index (χ1v) is 7.63. The van der Waals surface area contributed by atoms with Crippen LogP contribution in [0.25, 0.3) is 0 Å². The molecule has 0 spiro atoms. The molecule has 1 aliphatic rings. The molecule has 2 atom stereocenters. The Labute approximate surface area is 131 Å². The molecule has 0 heterocycles. The van der Waals surface area contributed by atoms with Crippen molar-refractivity contribution in [3.63, 3.8) is 0 Å². The Bertz CT molecular complexity index is 546. The van der Waals surface area contributed by atoms with Crippen molar-refractivity contribution in [2.75, 3.05) is 5.32 Å². The van der Waals surface area contributed by atoms with Crippen LogP contribution in [0.15, 0.2) is 24.3 Å². The van der Waals surface area contributed by atoms with Gasteiger partial charge in [-0.15, -0.1) is 0 Å². The van der Waals surface area contributed by atoms with E-state index in [0.29, 0.717) is 19.3 Å². The van der Waals surface area contributed by atoms with Crippen LogP contribution in [0.2, 0.25) is 0 Å². The van der Waals surface area contributed by atoms with Crippen molar-refractivity contribution < 1.29 is 14.3 Å². The number of anilines is 1. The minimum atomic E-state index is -0.774. The predicted octanol–water partition coefficient (Wildman–Crippen LogP) is 3.19. The summed E-state index contributed by atoms with van der Waals surface area (Å²) in [7, 11) is 0. The molecule has 0 aromatic heterocycles. The van der Waals surface area contributed by atoms with Gasteiger partial charge in [-0.25, -0.2) is 4.79 Å². The lowest BCUT2D eigenvalue weighted by atomic mass is 9.87. The van der Waals surface area contributed by atoms with Crippen LogP contribution in [0.1, 0.15) is 45.6 Å². The first-order valence-electron chi connectivity index (χ1n) is 7.63. The van der Waals surface area contributed by atoms with Crippen LogP contribution in [0.3, 0.4) is 0 Å². The number of hydrogen-bond donors (Lipinski definition) is 2. The number of nitrogens with one attached hydrogen (secondary N) is 1. The zero-order valence-electron chi connectivity index (χ0n) is 13.4. The first-order chi connectivity index (χ1) is 10.3. The third-order valence-corrected chi connectivity index (χ3v) is 4.06. The van der Waals surface area contributed by atoms with Crippen LogP contribution in [0.4, 0.5) is 10.5 Å². The minimum Gasteiger partial charge on any atom is -0.446 e. The molecule has 2 unspecified atom stereocenters. The molecule has 2 rings (SSSR count). The van der Waals surface area contributed by atoms with Gasteiger partial charge in [0.2, 0.25) is 5.91 Å². The number of nitrogens with two attached hydrogens (primary N) is 1. The quantitative estimate of drug-likeness (QED) is 0.899. The van der Waals surface area contributed by atoms with Crippen molar-refractivity contribution in [1.29, 1.82) is 0 Å². The Balaban J connectivity index is 1.91. The van der Waals surface area contributed by atoms with Crippen molar-refractivity contribution >= 4 is 17.7 Å². The maximum absolute atomic E-state index is 12.2. The average molecular weight is 304 g/mol. The fraction of sp³-hybridized carbons (Fsp3) is 0.529. The molecule has 1 aromatic carbocycles. The Morgan fingerprint density at radius 1 is 1.18 bits per heavy atom. The maximum Gasteiger partial charge on any atom is 0.404 e. The Kier molecular flexibility index (Phi) is 4.74. The third kappa shape index (κ3) is 4.23. The number of carbonyl (C=O) groups is 2. The van der Waals surface area contributed by atoms with Crippen molar-refractivity contribution in [3.05, 3.63) is 29.8 Å². The molecule has 1 aliphatic carbocycles. The molecule has 0 saturated heterocycles. The molecule has 120 valence electrons. The van der Waals surface area contributed by atoms with E-state index in [2.05, 4.69) is 26.1 Å². The Morgan fingerprint density at radius 3 is 2.36 bits per heavy atom. The predicted molar refractivity (Wildman–Crippen MR) is 85.6 cm³/mol. The van der Waals surface area contributed by atoms with Gasteiger partial charge < -0.3 is 15.8 Å². The topological polar surface area (TPSA) is 81.4 Å². The van der Waals surface area contributed by atoms with Gasteiger partial charge in [0.15, 0.2) is 0 Å². The van der Waals surface area contributed by atoms with Crippen molar-refractivity contribution in [2.45, 2.75) is 51.6 Å². The van der Waals surface area contributed by atoms with Gasteiger partial charge in [-0.2, -0.15) is 0 Å². The second kappa shape index (κ2) is 6.38. The molecular formula is C17H24N2O3. The van der Waals surface area contributed by atoms with Gasteiger partial charge in [0, 0.05) is 11.6 Å². The molecule has 1 aromatic rings. The third-order valence-electron chi connectivity index (χ3n) is 4.06. The van der Waals surface area contributed by atoms with E-state index in [1.807, 2.05) is 24.3 Å². The molecule has 3 N–H and O–H groups in total. The van der Waals surface area contributed by atoms with Crippen molar-refractivity contribution in [1.82, 2.24) is 0 Å². The normalized spacial score (nSPS) is 21.4. The number of rotatable bonds is 3. The van der Waals surface area contributed by atoms with Gasteiger partial charge in [-0.1, -0.05) is 32.9 Å². The largest absolute Gasteiger partial charge is 0.446 e. The van der Waals surface area contributed by atoms with Crippen LogP contribution < -0.4 is 11.1 Å². The highest BCUT2D eigenvalue weighted by atomic mass is 16.6. The molecule has 0 bridgehead atoms. The molecule has 0 radical (unpaired) electrons. The number of ether oxygens (including phenoxy) is 1. The van der Waals surface area contributed by atoms with E-state index in [0.717, 1.165) is 5.69 Å². The van der Waals surface area contributed by atoms with Gasteiger partial charge >= 0.3 is 6.09 Å². The lowest BCUT2D eigenvalue weighted by molar-refractivity contribution is -0.119. The summed E-state index contributed by atoms with van der Waals surface area (Å²) in [6.07, 6.45) is 0.920. The van der Waals surface area contributed by atoms with Crippen LogP contribution in [0.5, 0.6) is 0 Å². The zero-order valence-corrected chi connectivity index (χ0v) is 13.4. The number of hydrogen-bond acceptors (Lipinski definition) is 3. The Morgan fingerprint density at radius 2 is 1.82 bits per heavy atom. The van der Waals surface area contributed by atoms with Crippen LogP contribution in [0, 0.1) is 5.92 Å².